The highest BCUT2D eigenvalue weighted by atomic mass is 16.3. The lowest BCUT2D eigenvalue weighted by atomic mass is 9.69. The molecule has 0 saturated carbocycles. The molecule has 2 N–H and O–H groups in total. The van der Waals surface area contributed by atoms with E-state index in [4.69, 9.17) is 0 Å². The largest absolute Gasteiger partial charge is 0.508 e. The van der Waals surface area contributed by atoms with Crippen LogP contribution < -0.4 is 10.2 Å². The molecule has 9 nitrogen and oxygen atoms in total. The summed E-state index contributed by atoms with van der Waals surface area (Å²) in [6.45, 7) is 14.3. The van der Waals surface area contributed by atoms with Crippen molar-refractivity contribution in [2.45, 2.75) is 69.9 Å². The fraction of sp³-hybridized carbons (Fsp3) is 0.413. The van der Waals surface area contributed by atoms with Gasteiger partial charge in [0.15, 0.2) is 0 Å². The van der Waals surface area contributed by atoms with Crippen LogP contribution in [0.3, 0.4) is 0 Å². The zero-order valence-electron chi connectivity index (χ0n) is 32.0. The monoisotopic (exact) mass is 739 g/mol. The standard InChI is InChI=1S/C46H53N5O4/c1-3-36(11-9-31(2)44-39(33-7-5-4-6-8-33)14-10-34-28-38(52)13-16-40(34)44)49-21-19-32(20-22-49)29-48-23-25-50(26-24-48)37-12-15-41-35(27-37)30-51(46(41)55)42-17-18-43(53)47-45(42)54/h3-9,11-13,15-16,27-28,32,39,42,44,52H,2,10,14,17-26,29-30H2,1H3,(H,47,53,54)/b11-9-,36-3+/t39-,42?,44+/m1/s1. The van der Waals surface area contributed by atoms with Gasteiger partial charge in [0.25, 0.3) is 5.91 Å². The summed E-state index contributed by atoms with van der Waals surface area (Å²) in [6.07, 6.45) is 11.7. The van der Waals surface area contributed by atoms with Crippen molar-refractivity contribution >= 4 is 23.4 Å². The molecule has 1 aliphatic carbocycles. The van der Waals surface area contributed by atoms with Crippen LogP contribution in [0.5, 0.6) is 5.75 Å². The van der Waals surface area contributed by atoms with Gasteiger partial charge in [-0.3, -0.25) is 24.6 Å². The number of carbonyl (C=O) groups excluding carboxylic acids is 3. The van der Waals surface area contributed by atoms with Crippen LogP contribution in [0.1, 0.15) is 83.5 Å². The van der Waals surface area contributed by atoms with Crippen LogP contribution >= 0.6 is 0 Å². The molecule has 3 aromatic rings. The number of amides is 3. The molecule has 3 saturated heterocycles. The maximum Gasteiger partial charge on any atom is 0.255 e. The fourth-order valence-corrected chi connectivity index (χ4v) is 9.69. The molecule has 3 amide bonds. The number of likely N-dealkylation sites (tertiary alicyclic amines) is 1. The second-order valence-corrected chi connectivity index (χ2v) is 16.0. The lowest BCUT2D eigenvalue weighted by molar-refractivity contribution is -0.136. The van der Waals surface area contributed by atoms with E-state index in [9.17, 15) is 19.5 Å². The Balaban J connectivity index is 0.828. The summed E-state index contributed by atoms with van der Waals surface area (Å²) in [5.74, 6) is 0.743. The van der Waals surface area contributed by atoms with E-state index in [0.717, 1.165) is 75.5 Å². The molecule has 8 rings (SSSR count). The van der Waals surface area contributed by atoms with Crippen molar-refractivity contribution in [1.82, 2.24) is 20.0 Å². The first-order valence-electron chi connectivity index (χ1n) is 20.2. The van der Waals surface area contributed by atoms with Crippen molar-refractivity contribution in [2.75, 3.05) is 50.7 Å². The fourth-order valence-electron chi connectivity index (χ4n) is 9.69. The number of hydrogen-bond acceptors (Lipinski definition) is 7. The van der Waals surface area contributed by atoms with Gasteiger partial charge in [-0.05, 0) is 115 Å². The number of anilines is 1. The van der Waals surface area contributed by atoms with Gasteiger partial charge in [0.05, 0.1) is 0 Å². The Kier molecular flexibility index (Phi) is 10.6. The first-order valence-corrected chi connectivity index (χ1v) is 20.2. The zero-order chi connectivity index (χ0) is 38.1. The third-order valence-electron chi connectivity index (χ3n) is 12.7. The van der Waals surface area contributed by atoms with Gasteiger partial charge in [-0.1, -0.05) is 55.1 Å². The van der Waals surface area contributed by atoms with E-state index in [1.54, 1.807) is 4.90 Å². The number of aromatic hydroxyl groups is 1. The zero-order valence-corrected chi connectivity index (χ0v) is 32.0. The molecule has 1 unspecified atom stereocenters. The maximum atomic E-state index is 13.2. The molecule has 3 fully saturated rings. The van der Waals surface area contributed by atoms with Gasteiger partial charge in [0.1, 0.15) is 11.8 Å². The highest BCUT2D eigenvalue weighted by Gasteiger charge is 2.39. The number of allylic oxidation sites excluding steroid dienone is 4. The number of phenols is 1. The number of nitrogens with zero attached hydrogens (tertiary/aromatic N) is 4. The Morgan fingerprint density at radius 1 is 0.855 bits per heavy atom. The summed E-state index contributed by atoms with van der Waals surface area (Å²) in [4.78, 5) is 46.4. The number of piperidine rings is 2. The third kappa shape index (κ3) is 7.72. The summed E-state index contributed by atoms with van der Waals surface area (Å²) in [6, 6.07) is 22.1. The number of imide groups is 1. The van der Waals surface area contributed by atoms with Crippen LogP contribution in [-0.2, 0) is 22.6 Å². The van der Waals surface area contributed by atoms with Gasteiger partial charge >= 0.3 is 0 Å². The van der Waals surface area contributed by atoms with Gasteiger partial charge in [0, 0.05) is 81.6 Å². The average molecular weight is 740 g/mol. The Morgan fingerprint density at radius 3 is 2.38 bits per heavy atom. The molecule has 0 spiro atoms. The molecule has 9 heteroatoms. The maximum absolute atomic E-state index is 13.2. The van der Waals surface area contributed by atoms with E-state index in [0.29, 0.717) is 36.1 Å². The van der Waals surface area contributed by atoms with Crippen molar-refractivity contribution in [1.29, 1.82) is 0 Å². The van der Waals surface area contributed by atoms with Crippen molar-refractivity contribution < 1.29 is 19.5 Å². The van der Waals surface area contributed by atoms with E-state index >= 15 is 0 Å². The van der Waals surface area contributed by atoms with Crippen LogP contribution in [0.15, 0.2) is 103 Å². The van der Waals surface area contributed by atoms with Crippen LogP contribution in [-0.4, -0.2) is 89.4 Å². The van der Waals surface area contributed by atoms with Crippen molar-refractivity contribution in [3.8, 4) is 5.75 Å². The highest BCUT2D eigenvalue weighted by molar-refractivity contribution is 6.05. The number of rotatable bonds is 9. The number of phenolic OH excluding ortho intramolecular Hbond substituents is 1. The Labute approximate surface area is 325 Å². The van der Waals surface area contributed by atoms with Gasteiger partial charge in [-0.15, -0.1) is 0 Å². The lowest BCUT2D eigenvalue weighted by Crippen LogP contribution is -2.52. The normalized spacial score (nSPS) is 23.9. The number of hydrogen-bond donors (Lipinski definition) is 2. The quantitative estimate of drug-likeness (QED) is 0.191. The smallest absolute Gasteiger partial charge is 0.255 e. The van der Waals surface area contributed by atoms with E-state index < -0.39 is 6.04 Å². The minimum absolute atomic E-state index is 0.125. The van der Waals surface area contributed by atoms with E-state index in [-0.39, 0.29) is 30.1 Å². The summed E-state index contributed by atoms with van der Waals surface area (Å²) >= 11 is 0. The van der Waals surface area contributed by atoms with Crippen LogP contribution in [0, 0.1) is 5.92 Å². The summed E-state index contributed by atoms with van der Waals surface area (Å²) in [7, 11) is 0. The molecule has 0 radical (unpaired) electrons. The van der Waals surface area contributed by atoms with E-state index in [2.05, 4.69) is 94.2 Å². The van der Waals surface area contributed by atoms with Crippen molar-refractivity contribution in [3.63, 3.8) is 0 Å². The Morgan fingerprint density at radius 2 is 1.64 bits per heavy atom. The molecular weight excluding hydrogens is 687 g/mol. The number of aryl methyl sites for hydroxylation is 1. The molecule has 0 bridgehead atoms. The minimum Gasteiger partial charge on any atom is -0.508 e. The second-order valence-electron chi connectivity index (χ2n) is 16.0. The number of fused-ring (bicyclic) bond motifs is 2. The SMILES string of the molecule is C=C(/C=C\C(=C/C)N1CCC(CN2CCN(c3ccc4c(c3)CN(C3CCC(=O)NC3=O)C4=O)CC2)CC1)[C@@H]1c2ccc(O)cc2CC[C@@H]1c1ccccc1. The average Bonchev–Trinajstić information content (AvgIpc) is 3.53. The molecule has 3 atom stereocenters. The summed E-state index contributed by atoms with van der Waals surface area (Å²) in [5.41, 5.74) is 8.95. The van der Waals surface area contributed by atoms with Crippen LogP contribution in [0.25, 0.3) is 0 Å². The van der Waals surface area contributed by atoms with E-state index in [1.807, 2.05) is 24.3 Å². The van der Waals surface area contributed by atoms with E-state index in [1.165, 1.54) is 35.2 Å². The second kappa shape index (κ2) is 15.9. The van der Waals surface area contributed by atoms with Gasteiger partial charge in [-0.25, -0.2) is 0 Å². The molecule has 0 aromatic heterocycles. The molecule has 4 aliphatic heterocycles. The van der Waals surface area contributed by atoms with Gasteiger partial charge in [0.2, 0.25) is 11.8 Å². The lowest BCUT2D eigenvalue weighted by Gasteiger charge is -2.40. The minimum atomic E-state index is -0.589. The molecule has 5 aliphatic rings. The van der Waals surface area contributed by atoms with Gasteiger partial charge < -0.3 is 19.8 Å². The number of nitrogens with one attached hydrogen (secondary N) is 1. The molecule has 3 aromatic carbocycles. The van der Waals surface area contributed by atoms with Gasteiger partial charge in [-0.2, -0.15) is 0 Å². The van der Waals surface area contributed by atoms with Crippen molar-refractivity contribution in [2.24, 2.45) is 5.92 Å². The predicted molar refractivity (Wildman–Crippen MR) is 216 cm³/mol. The predicted octanol–water partition coefficient (Wildman–Crippen LogP) is 6.52. The highest BCUT2D eigenvalue weighted by Crippen LogP contribution is 2.47. The summed E-state index contributed by atoms with van der Waals surface area (Å²) < 4.78 is 0. The first kappa shape index (κ1) is 36.8. The van der Waals surface area contributed by atoms with Crippen LogP contribution in [0.2, 0.25) is 0 Å². The molecule has 286 valence electrons. The number of benzene rings is 3. The van der Waals surface area contributed by atoms with Crippen molar-refractivity contribution in [3.05, 3.63) is 131 Å². The van der Waals surface area contributed by atoms with Crippen LogP contribution in [0.4, 0.5) is 5.69 Å². The number of carbonyl (C=O) groups is 3. The Bertz CT molecular complexity index is 2010. The molecular formula is C46H53N5O4. The molecule has 55 heavy (non-hydrogen) atoms. The Hall–Kier alpha value is -5.15. The summed E-state index contributed by atoms with van der Waals surface area (Å²) in [5, 5.41) is 12.6. The number of piperazine rings is 1. The molecule has 4 heterocycles. The topological polar surface area (TPSA) is 96.4 Å². The third-order valence-corrected chi connectivity index (χ3v) is 12.7. The first-order chi connectivity index (χ1) is 26.7.